The van der Waals surface area contributed by atoms with Crippen molar-refractivity contribution in [1.82, 2.24) is 5.32 Å². The zero-order valence-corrected chi connectivity index (χ0v) is 13.2. The van der Waals surface area contributed by atoms with Crippen LogP contribution in [0.4, 0.5) is 4.79 Å². The number of carbonyl (C=O) groups is 1. The monoisotopic (exact) mass is 275 g/mol. The van der Waals surface area contributed by atoms with Gasteiger partial charge in [0.25, 0.3) is 0 Å². The molecule has 0 spiro atoms. The maximum atomic E-state index is 11.7. The van der Waals surface area contributed by atoms with Gasteiger partial charge in [-0.3, -0.25) is 0 Å². The van der Waals surface area contributed by atoms with E-state index in [1.165, 1.54) is 5.56 Å². The van der Waals surface area contributed by atoms with Gasteiger partial charge in [-0.15, -0.1) is 0 Å². The molecule has 0 atom stereocenters. The van der Waals surface area contributed by atoms with E-state index >= 15 is 0 Å². The molecule has 20 heavy (non-hydrogen) atoms. The highest BCUT2D eigenvalue weighted by atomic mass is 16.6. The zero-order chi connectivity index (χ0) is 15.3. The number of carbonyl (C=O) groups excluding carboxylic acids is 1. The van der Waals surface area contributed by atoms with Gasteiger partial charge in [-0.2, -0.15) is 0 Å². The van der Waals surface area contributed by atoms with Crippen molar-refractivity contribution in [2.75, 3.05) is 0 Å². The quantitative estimate of drug-likeness (QED) is 0.889. The fourth-order valence-electron chi connectivity index (χ4n) is 2.10. The number of ether oxygens (including phenoxy) is 1. The van der Waals surface area contributed by atoms with Gasteiger partial charge in [0.2, 0.25) is 0 Å². The van der Waals surface area contributed by atoms with E-state index in [4.69, 9.17) is 4.74 Å². The van der Waals surface area contributed by atoms with Crippen molar-refractivity contribution in [2.45, 2.75) is 53.2 Å². The van der Waals surface area contributed by atoms with Crippen molar-refractivity contribution < 1.29 is 9.53 Å². The van der Waals surface area contributed by atoms with Gasteiger partial charge in [-0.05, 0) is 50.8 Å². The highest BCUT2D eigenvalue weighted by molar-refractivity contribution is 5.69. The topological polar surface area (TPSA) is 38.3 Å². The second-order valence-electron chi connectivity index (χ2n) is 5.93. The van der Waals surface area contributed by atoms with Crippen LogP contribution in [0.2, 0.25) is 0 Å². The number of amides is 1. The second-order valence-corrected chi connectivity index (χ2v) is 5.93. The van der Waals surface area contributed by atoms with Crippen molar-refractivity contribution in [3.63, 3.8) is 0 Å². The molecule has 0 radical (unpaired) electrons. The lowest BCUT2D eigenvalue weighted by molar-refractivity contribution is 0.0523. The van der Waals surface area contributed by atoms with Crippen LogP contribution in [0, 0.1) is 0 Å². The fourth-order valence-corrected chi connectivity index (χ4v) is 2.10. The summed E-state index contributed by atoms with van der Waals surface area (Å²) in [5, 5.41) is 2.81. The highest BCUT2D eigenvalue weighted by Gasteiger charge is 2.16. The average molecular weight is 275 g/mol. The Balaban J connectivity index is 2.81. The number of allylic oxidation sites excluding steroid dienone is 1. The molecule has 3 nitrogen and oxygen atoms in total. The summed E-state index contributed by atoms with van der Waals surface area (Å²) >= 11 is 0. The van der Waals surface area contributed by atoms with Crippen LogP contribution in [0.3, 0.4) is 0 Å². The minimum atomic E-state index is -0.475. The maximum Gasteiger partial charge on any atom is 0.407 e. The molecule has 0 saturated heterocycles. The molecular formula is C17H25NO2. The minimum absolute atomic E-state index is 0.389. The Kier molecular flexibility index (Phi) is 5.37. The summed E-state index contributed by atoms with van der Waals surface area (Å²) < 4.78 is 5.24. The van der Waals surface area contributed by atoms with Crippen molar-refractivity contribution >= 4 is 11.7 Å². The van der Waals surface area contributed by atoms with Crippen molar-refractivity contribution in [3.05, 3.63) is 41.5 Å². The summed E-state index contributed by atoms with van der Waals surface area (Å²) in [5.74, 6) is 0. The van der Waals surface area contributed by atoms with Crippen LogP contribution in [0.15, 0.2) is 24.8 Å². The Morgan fingerprint density at radius 3 is 2.50 bits per heavy atom. The summed E-state index contributed by atoms with van der Waals surface area (Å²) in [6.07, 6.45) is 0.522. The van der Waals surface area contributed by atoms with E-state index in [0.717, 1.165) is 23.1 Å². The van der Waals surface area contributed by atoms with Crippen LogP contribution in [0.5, 0.6) is 0 Å². The van der Waals surface area contributed by atoms with Crippen LogP contribution < -0.4 is 5.32 Å². The lowest BCUT2D eigenvalue weighted by Gasteiger charge is -2.20. The van der Waals surface area contributed by atoms with E-state index in [9.17, 15) is 4.79 Å². The summed E-state index contributed by atoms with van der Waals surface area (Å²) in [6, 6.07) is 6.09. The molecule has 0 unspecified atom stereocenters. The Labute approximate surface area is 122 Å². The summed E-state index contributed by atoms with van der Waals surface area (Å²) in [4.78, 5) is 11.7. The first-order chi connectivity index (χ1) is 9.24. The van der Waals surface area contributed by atoms with Crippen molar-refractivity contribution in [2.24, 2.45) is 0 Å². The van der Waals surface area contributed by atoms with Gasteiger partial charge >= 0.3 is 6.09 Å². The number of benzene rings is 1. The molecule has 1 rings (SSSR count). The molecule has 0 bridgehead atoms. The van der Waals surface area contributed by atoms with Crippen LogP contribution >= 0.6 is 0 Å². The summed E-state index contributed by atoms with van der Waals surface area (Å²) in [6.45, 7) is 14.1. The van der Waals surface area contributed by atoms with E-state index in [-0.39, 0.29) is 6.09 Å². The van der Waals surface area contributed by atoms with E-state index in [1.807, 2.05) is 39.8 Å². The van der Waals surface area contributed by atoms with E-state index in [1.54, 1.807) is 0 Å². The third kappa shape index (κ3) is 4.72. The molecule has 1 aromatic rings. The third-order valence-electron chi connectivity index (χ3n) is 2.91. The van der Waals surface area contributed by atoms with Gasteiger partial charge in [0.1, 0.15) is 5.60 Å². The Morgan fingerprint density at radius 1 is 1.35 bits per heavy atom. The second kappa shape index (κ2) is 6.60. The Bertz CT molecular complexity index is 498. The SMILES string of the molecule is C=C(C)c1cccc(CNC(=O)OC(C)(C)C)c1CC. The lowest BCUT2D eigenvalue weighted by Crippen LogP contribution is -2.32. The molecular weight excluding hydrogens is 250 g/mol. The lowest BCUT2D eigenvalue weighted by atomic mass is 9.95. The Morgan fingerprint density at radius 2 is 2.00 bits per heavy atom. The molecule has 1 amide bonds. The van der Waals surface area contributed by atoms with E-state index in [2.05, 4.69) is 24.9 Å². The molecule has 0 saturated carbocycles. The first-order valence-electron chi connectivity index (χ1n) is 6.98. The van der Waals surface area contributed by atoms with Crippen LogP contribution in [0.1, 0.15) is 51.3 Å². The molecule has 0 fully saturated rings. The van der Waals surface area contributed by atoms with E-state index < -0.39 is 5.60 Å². The molecule has 0 aromatic heterocycles. The molecule has 0 heterocycles. The predicted octanol–water partition coefficient (Wildman–Crippen LogP) is 4.31. The first-order valence-corrected chi connectivity index (χ1v) is 6.98. The van der Waals surface area contributed by atoms with Crippen molar-refractivity contribution in [1.29, 1.82) is 0 Å². The zero-order valence-electron chi connectivity index (χ0n) is 13.2. The molecule has 1 aromatic carbocycles. The molecule has 3 heteroatoms. The van der Waals surface area contributed by atoms with Crippen LogP contribution in [-0.4, -0.2) is 11.7 Å². The first kappa shape index (κ1) is 16.3. The number of rotatable bonds is 4. The smallest absolute Gasteiger partial charge is 0.407 e. The van der Waals surface area contributed by atoms with Crippen LogP contribution in [-0.2, 0) is 17.7 Å². The third-order valence-corrected chi connectivity index (χ3v) is 2.91. The Hall–Kier alpha value is -1.77. The number of alkyl carbamates (subject to hydrolysis) is 1. The van der Waals surface area contributed by atoms with Crippen LogP contribution in [0.25, 0.3) is 5.57 Å². The van der Waals surface area contributed by atoms with Crippen molar-refractivity contribution in [3.8, 4) is 0 Å². The highest BCUT2D eigenvalue weighted by Crippen LogP contribution is 2.22. The van der Waals surface area contributed by atoms with Gasteiger partial charge in [0, 0.05) is 6.54 Å². The molecule has 0 aliphatic heterocycles. The van der Waals surface area contributed by atoms with Gasteiger partial charge in [0.05, 0.1) is 0 Å². The minimum Gasteiger partial charge on any atom is -0.444 e. The van der Waals surface area contributed by atoms with Gasteiger partial charge in [-0.1, -0.05) is 37.3 Å². The van der Waals surface area contributed by atoms with E-state index in [0.29, 0.717) is 6.54 Å². The average Bonchev–Trinajstić information content (AvgIpc) is 2.33. The standard InChI is InChI=1S/C17H25NO2/c1-7-14-13(9-8-10-15(14)12(2)3)11-18-16(19)20-17(4,5)6/h8-10H,2,7,11H2,1,3-6H3,(H,18,19). The number of nitrogens with one attached hydrogen (secondary N) is 1. The predicted molar refractivity (Wildman–Crippen MR) is 83.6 cm³/mol. The largest absolute Gasteiger partial charge is 0.444 e. The molecule has 110 valence electrons. The fraction of sp³-hybridized carbons (Fsp3) is 0.471. The molecule has 1 N–H and O–H groups in total. The summed E-state index contributed by atoms with van der Waals surface area (Å²) in [7, 11) is 0. The number of hydrogen-bond acceptors (Lipinski definition) is 2. The summed E-state index contributed by atoms with van der Waals surface area (Å²) in [5.41, 5.74) is 4.07. The normalized spacial score (nSPS) is 11.1. The van der Waals surface area contributed by atoms with Gasteiger partial charge in [0.15, 0.2) is 0 Å². The number of hydrogen-bond donors (Lipinski definition) is 1. The van der Waals surface area contributed by atoms with Gasteiger partial charge < -0.3 is 10.1 Å². The molecule has 0 aliphatic carbocycles. The van der Waals surface area contributed by atoms with Gasteiger partial charge in [-0.25, -0.2) is 4.79 Å². The molecule has 0 aliphatic rings. The maximum absolute atomic E-state index is 11.7.